The molecule has 0 fully saturated rings. The van der Waals surface area contributed by atoms with Crippen LogP contribution in [0.25, 0.3) is 6.08 Å². The van der Waals surface area contributed by atoms with Gasteiger partial charge in [0.05, 0.1) is 0 Å². The van der Waals surface area contributed by atoms with Gasteiger partial charge in [-0.05, 0) is 23.8 Å². The number of aromatic hydroxyl groups is 1. The standard InChI is InChI=1S/C15H16O10/c16-8-4-1-7(2-5-8)3-6-9(17)25-13(12(20)15(23)24)10(18)11(19)14(21)22/h1-6,10-13,16,18-20H,(H,21,22)(H,23,24)/b6-3-/t10-,11-,12+,13+/m1/s1. The molecule has 4 atom stereocenters. The number of phenols is 1. The monoisotopic (exact) mass is 356 g/mol. The number of benzene rings is 1. The van der Waals surface area contributed by atoms with E-state index < -0.39 is 42.3 Å². The molecule has 0 saturated heterocycles. The summed E-state index contributed by atoms with van der Waals surface area (Å²) in [5.41, 5.74) is 0.469. The topological polar surface area (TPSA) is 182 Å². The van der Waals surface area contributed by atoms with Crippen LogP contribution in [0.1, 0.15) is 5.56 Å². The lowest BCUT2D eigenvalue weighted by Crippen LogP contribution is -2.52. The van der Waals surface area contributed by atoms with E-state index in [1.807, 2.05) is 0 Å². The molecule has 0 unspecified atom stereocenters. The SMILES string of the molecule is O=C(/C=C\c1ccc(O)cc1)O[C@@H]([C@H](O)[C@@H](O)C(=O)O)[C@H](O)C(=O)O. The number of aliphatic hydroxyl groups excluding tert-OH is 3. The van der Waals surface area contributed by atoms with Gasteiger partial charge in [-0.3, -0.25) is 0 Å². The summed E-state index contributed by atoms with van der Waals surface area (Å²) in [6, 6.07) is 5.58. The molecule has 25 heavy (non-hydrogen) atoms. The molecule has 1 rings (SSSR count). The summed E-state index contributed by atoms with van der Waals surface area (Å²) in [4.78, 5) is 33.2. The minimum Gasteiger partial charge on any atom is -0.508 e. The first kappa shape index (κ1) is 20.1. The lowest BCUT2D eigenvalue weighted by Gasteiger charge is -2.26. The first-order valence-electron chi connectivity index (χ1n) is 6.81. The molecule has 10 heteroatoms. The van der Waals surface area contributed by atoms with Crippen LogP contribution in [-0.4, -0.2) is 73.0 Å². The van der Waals surface area contributed by atoms with Gasteiger partial charge in [-0.25, -0.2) is 14.4 Å². The summed E-state index contributed by atoms with van der Waals surface area (Å²) in [5, 5.41) is 54.9. The van der Waals surface area contributed by atoms with Crippen LogP contribution in [0.3, 0.4) is 0 Å². The van der Waals surface area contributed by atoms with Gasteiger partial charge in [0.1, 0.15) is 11.9 Å². The number of phenolic OH excluding ortho intramolecular Hbond substituents is 1. The van der Waals surface area contributed by atoms with Gasteiger partial charge in [-0.15, -0.1) is 0 Å². The maximum atomic E-state index is 11.7. The van der Waals surface area contributed by atoms with E-state index in [0.29, 0.717) is 5.56 Å². The van der Waals surface area contributed by atoms with E-state index in [1.54, 1.807) is 0 Å². The molecule has 1 aromatic rings. The van der Waals surface area contributed by atoms with Gasteiger partial charge in [0.15, 0.2) is 18.3 Å². The zero-order valence-electron chi connectivity index (χ0n) is 12.6. The van der Waals surface area contributed by atoms with Crippen molar-refractivity contribution in [2.75, 3.05) is 0 Å². The van der Waals surface area contributed by atoms with Crippen molar-refractivity contribution in [2.24, 2.45) is 0 Å². The number of carbonyl (C=O) groups is 3. The summed E-state index contributed by atoms with van der Waals surface area (Å²) in [6.07, 6.45) is -7.49. The van der Waals surface area contributed by atoms with Crippen LogP contribution in [-0.2, 0) is 19.1 Å². The average Bonchev–Trinajstić information content (AvgIpc) is 2.57. The van der Waals surface area contributed by atoms with E-state index in [-0.39, 0.29) is 5.75 Å². The molecule has 0 aliphatic heterocycles. The van der Waals surface area contributed by atoms with Gasteiger partial charge in [-0.1, -0.05) is 12.1 Å². The number of esters is 1. The maximum absolute atomic E-state index is 11.7. The Morgan fingerprint density at radius 3 is 1.92 bits per heavy atom. The second-order valence-corrected chi connectivity index (χ2v) is 4.88. The molecule has 0 bridgehead atoms. The van der Waals surface area contributed by atoms with E-state index in [0.717, 1.165) is 6.08 Å². The predicted octanol–water partition coefficient (Wildman–Crippen LogP) is -1.43. The number of hydrogen-bond acceptors (Lipinski definition) is 8. The molecule has 0 amide bonds. The highest BCUT2D eigenvalue weighted by atomic mass is 16.6. The molecule has 0 radical (unpaired) electrons. The zero-order valence-corrected chi connectivity index (χ0v) is 12.6. The summed E-state index contributed by atoms with van der Waals surface area (Å²) in [5.74, 6) is -4.99. The summed E-state index contributed by atoms with van der Waals surface area (Å²) in [6.45, 7) is 0. The van der Waals surface area contributed by atoms with Crippen molar-refractivity contribution < 1.29 is 49.8 Å². The summed E-state index contributed by atoms with van der Waals surface area (Å²) < 4.78 is 4.57. The molecule has 1 aromatic carbocycles. The van der Waals surface area contributed by atoms with Gasteiger partial charge in [0, 0.05) is 6.08 Å². The normalized spacial score (nSPS) is 16.0. The maximum Gasteiger partial charge on any atom is 0.336 e. The Balaban J connectivity index is 2.89. The Morgan fingerprint density at radius 1 is 0.920 bits per heavy atom. The van der Waals surface area contributed by atoms with Crippen molar-refractivity contribution in [1.82, 2.24) is 0 Å². The van der Waals surface area contributed by atoms with Gasteiger partial charge in [-0.2, -0.15) is 0 Å². The molecule has 136 valence electrons. The number of carboxylic acid groups (broad SMARTS) is 2. The zero-order chi connectivity index (χ0) is 19.1. The molecule has 0 aliphatic rings. The Hall–Kier alpha value is -2.95. The number of rotatable bonds is 8. The molecular weight excluding hydrogens is 340 g/mol. The lowest BCUT2D eigenvalue weighted by atomic mass is 10.0. The first-order chi connectivity index (χ1) is 11.6. The van der Waals surface area contributed by atoms with Crippen molar-refractivity contribution in [2.45, 2.75) is 24.4 Å². The largest absolute Gasteiger partial charge is 0.508 e. The fourth-order valence-corrected chi connectivity index (χ4v) is 1.71. The number of hydrogen-bond donors (Lipinski definition) is 6. The van der Waals surface area contributed by atoms with E-state index in [4.69, 9.17) is 15.3 Å². The van der Waals surface area contributed by atoms with Crippen LogP contribution in [0.2, 0.25) is 0 Å². The fraction of sp³-hybridized carbons (Fsp3) is 0.267. The molecule has 0 aromatic heterocycles. The Morgan fingerprint density at radius 2 is 1.44 bits per heavy atom. The summed E-state index contributed by atoms with van der Waals surface area (Å²) >= 11 is 0. The van der Waals surface area contributed by atoms with Crippen LogP contribution >= 0.6 is 0 Å². The van der Waals surface area contributed by atoms with Crippen LogP contribution in [0.15, 0.2) is 30.3 Å². The average molecular weight is 356 g/mol. The molecule has 6 N–H and O–H groups in total. The van der Waals surface area contributed by atoms with Crippen LogP contribution in [0, 0.1) is 0 Å². The van der Waals surface area contributed by atoms with Crippen LogP contribution in [0.5, 0.6) is 5.75 Å². The minimum absolute atomic E-state index is 0.00449. The van der Waals surface area contributed by atoms with Crippen molar-refractivity contribution >= 4 is 24.0 Å². The number of aliphatic carboxylic acids is 2. The second kappa shape index (κ2) is 8.78. The predicted molar refractivity (Wildman–Crippen MR) is 80.3 cm³/mol. The van der Waals surface area contributed by atoms with E-state index in [2.05, 4.69) is 4.74 Å². The third-order valence-electron chi connectivity index (χ3n) is 3.03. The van der Waals surface area contributed by atoms with E-state index in [9.17, 15) is 29.7 Å². The van der Waals surface area contributed by atoms with Crippen LogP contribution < -0.4 is 0 Å². The lowest BCUT2D eigenvalue weighted by molar-refractivity contribution is -0.184. The Bertz CT molecular complexity index is 651. The van der Waals surface area contributed by atoms with Gasteiger partial charge in [0.25, 0.3) is 0 Å². The van der Waals surface area contributed by atoms with Crippen molar-refractivity contribution in [3.63, 3.8) is 0 Å². The minimum atomic E-state index is -2.48. The second-order valence-electron chi connectivity index (χ2n) is 4.88. The molecule has 10 nitrogen and oxygen atoms in total. The van der Waals surface area contributed by atoms with Crippen molar-refractivity contribution in [1.29, 1.82) is 0 Å². The van der Waals surface area contributed by atoms with E-state index >= 15 is 0 Å². The first-order valence-corrected chi connectivity index (χ1v) is 6.81. The van der Waals surface area contributed by atoms with Gasteiger partial charge >= 0.3 is 17.9 Å². The highest BCUT2D eigenvalue weighted by molar-refractivity contribution is 5.87. The number of ether oxygens (including phenoxy) is 1. The highest BCUT2D eigenvalue weighted by Crippen LogP contribution is 2.13. The number of carbonyl (C=O) groups excluding carboxylic acids is 1. The number of aliphatic hydroxyl groups is 3. The van der Waals surface area contributed by atoms with Crippen molar-refractivity contribution in [3.8, 4) is 5.75 Å². The van der Waals surface area contributed by atoms with Crippen LogP contribution in [0.4, 0.5) is 0 Å². The molecular formula is C15H16O10. The van der Waals surface area contributed by atoms with E-state index in [1.165, 1.54) is 30.3 Å². The molecule has 0 aliphatic carbocycles. The van der Waals surface area contributed by atoms with Gasteiger partial charge < -0.3 is 35.4 Å². The molecule has 0 spiro atoms. The number of carboxylic acids is 2. The third kappa shape index (κ3) is 5.88. The summed E-state index contributed by atoms with van der Waals surface area (Å²) in [7, 11) is 0. The molecule has 0 saturated carbocycles. The van der Waals surface area contributed by atoms with Crippen molar-refractivity contribution in [3.05, 3.63) is 35.9 Å². The quantitative estimate of drug-likeness (QED) is 0.238. The Labute approximate surface area is 140 Å². The highest BCUT2D eigenvalue weighted by Gasteiger charge is 2.41. The Kier molecular flexibility index (Phi) is 7.06. The van der Waals surface area contributed by atoms with Gasteiger partial charge in [0.2, 0.25) is 0 Å². The molecule has 0 heterocycles. The smallest absolute Gasteiger partial charge is 0.336 e. The third-order valence-corrected chi connectivity index (χ3v) is 3.03. The fourth-order valence-electron chi connectivity index (χ4n) is 1.71.